The van der Waals surface area contributed by atoms with Gasteiger partial charge in [0.05, 0.1) is 17.9 Å². The molecule has 1 aliphatic heterocycles. The largest absolute Gasteiger partial charge is 0.364 e. The number of hydrazone groups is 1. The van der Waals surface area contributed by atoms with E-state index in [1.807, 2.05) is 25.2 Å². The van der Waals surface area contributed by atoms with Crippen LogP contribution in [-0.2, 0) is 0 Å². The van der Waals surface area contributed by atoms with E-state index in [0.29, 0.717) is 12.4 Å². The lowest BCUT2D eigenvalue weighted by Crippen LogP contribution is -2.49. The minimum Gasteiger partial charge on any atom is -0.364 e. The number of likely N-dealkylation sites (N-methyl/N-ethyl adjacent to an activating group) is 1. The molecule has 0 fully saturated rings. The Kier molecular flexibility index (Phi) is 2.54. The summed E-state index contributed by atoms with van der Waals surface area (Å²) in [7, 11) is 1.97. The first kappa shape index (κ1) is 10.3. The predicted octanol–water partition coefficient (Wildman–Crippen LogP) is 0.851. The zero-order valence-corrected chi connectivity index (χ0v) is 9.90. The van der Waals surface area contributed by atoms with Crippen molar-refractivity contribution in [2.24, 2.45) is 16.8 Å². The van der Waals surface area contributed by atoms with Crippen LogP contribution in [0, 0.1) is 0 Å². The molecule has 2 rings (SSSR count). The van der Waals surface area contributed by atoms with Crippen molar-refractivity contribution in [3.63, 3.8) is 0 Å². The number of amidine groups is 1. The molecule has 1 aromatic carbocycles. The Labute approximate surface area is 96.4 Å². The average Bonchev–Trinajstić information content (AvgIpc) is 2.23. The van der Waals surface area contributed by atoms with Gasteiger partial charge in [0.1, 0.15) is 0 Å². The van der Waals surface area contributed by atoms with Crippen molar-refractivity contribution >= 4 is 33.1 Å². The number of para-hydroxylation sites is 1. The van der Waals surface area contributed by atoms with Gasteiger partial charge in [-0.25, -0.2) is 5.84 Å². The maximum atomic E-state index is 5.91. The number of anilines is 2. The van der Waals surface area contributed by atoms with Crippen molar-refractivity contribution < 1.29 is 0 Å². The fraction of sp³-hybridized carbons (Fsp3) is 0.222. The summed E-state index contributed by atoms with van der Waals surface area (Å²) in [4.78, 5) is 2.05. The lowest BCUT2D eigenvalue weighted by molar-refractivity contribution is 0.943. The molecular formula is C9H12BrN5. The minimum atomic E-state index is 0.600. The standard InChI is InChI=1S/C9H12BrN5/c1-14-5-8(13-11)15(12)7-4-2-3-6(10)9(7)14/h2-4H,5,11-12H2,1H3/b13-8-. The number of hydrazine groups is 1. The maximum Gasteiger partial charge on any atom is 0.162 e. The van der Waals surface area contributed by atoms with Crippen molar-refractivity contribution in [3.05, 3.63) is 22.7 Å². The lowest BCUT2D eigenvalue weighted by atomic mass is 10.2. The number of hydrogen-bond acceptors (Lipinski definition) is 4. The molecule has 0 aliphatic carbocycles. The fourth-order valence-electron chi connectivity index (χ4n) is 1.69. The first-order valence-corrected chi connectivity index (χ1v) is 5.25. The molecule has 5 nitrogen and oxygen atoms in total. The first-order valence-electron chi connectivity index (χ1n) is 4.46. The molecule has 0 spiro atoms. The Morgan fingerprint density at radius 2 is 2.20 bits per heavy atom. The van der Waals surface area contributed by atoms with E-state index in [1.165, 1.54) is 5.01 Å². The Morgan fingerprint density at radius 1 is 1.47 bits per heavy atom. The molecule has 1 heterocycles. The summed E-state index contributed by atoms with van der Waals surface area (Å²) in [5.74, 6) is 11.8. The van der Waals surface area contributed by atoms with E-state index in [0.717, 1.165) is 15.8 Å². The second-order valence-corrected chi connectivity index (χ2v) is 4.23. The van der Waals surface area contributed by atoms with E-state index in [-0.39, 0.29) is 0 Å². The van der Waals surface area contributed by atoms with Gasteiger partial charge in [-0.1, -0.05) is 6.07 Å². The Morgan fingerprint density at radius 3 is 2.87 bits per heavy atom. The zero-order chi connectivity index (χ0) is 11.0. The molecule has 0 amide bonds. The van der Waals surface area contributed by atoms with Crippen LogP contribution in [0.5, 0.6) is 0 Å². The zero-order valence-electron chi connectivity index (χ0n) is 8.31. The molecule has 0 bridgehead atoms. The topological polar surface area (TPSA) is 70.9 Å². The summed E-state index contributed by atoms with van der Waals surface area (Å²) in [6.07, 6.45) is 0. The van der Waals surface area contributed by atoms with Crippen molar-refractivity contribution in [3.8, 4) is 0 Å². The molecule has 80 valence electrons. The first-order chi connectivity index (χ1) is 7.15. The van der Waals surface area contributed by atoms with E-state index < -0.39 is 0 Å². The number of nitrogens with two attached hydrogens (primary N) is 2. The minimum absolute atomic E-state index is 0.600. The molecule has 0 unspecified atom stereocenters. The third kappa shape index (κ3) is 1.55. The molecule has 0 saturated carbocycles. The monoisotopic (exact) mass is 269 g/mol. The van der Waals surface area contributed by atoms with Crippen LogP contribution in [0.4, 0.5) is 11.4 Å². The SMILES string of the molecule is CN1C/C(=N/N)N(N)c2cccc(Br)c21. The van der Waals surface area contributed by atoms with E-state index in [9.17, 15) is 0 Å². The van der Waals surface area contributed by atoms with Crippen molar-refractivity contribution in [2.45, 2.75) is 0 Å². The molecule has 0 atom stereocenters. The van der Waals surface area contributed by atoms with Crippen LogP contribution in [0.25, 0.3) is 0 Å². The molecule has 1 aromatic rings. The summed E-state index contributed by atoms with van der Waals surface area (Å²) in [5.41, 5.74) is 1.94. The van der Waals surface area contributed by atoms with Gasteiger partial charge in [-0.2, -0.15) is 5.10 Å². The van der Waals surface area contributed by atoms with Gasteiger partial charge in [0.15, 0.2) is 5.84 Å². The second-order valence-electron chi connectivity index (χ2n) is 3.38. The van der Waals surface area contributed by atoms with Crippen molar-refractivity contribution in [2.75, 3.05) is 23.5 Å². The average molecular weight is 270 g/mol. The Balaban J connectivity index is 2.58. The smallest absolute Gasteiger partial charge is 0.162 e. The number of fused-ring (bicyclic) bond motifs is 1. The maximum absolute atomic E-state index is 5.91. The molecular weight excluding hydrogens is 258 g/mol. The number of halogens is 1. The van der Waals surface area contributed by atoms with Crippen LogP contribution in [0.3, 0.4) is 0 Å². The highest BCUT2D eigenvalue weighted by Crippen LogP contribution is 2.37. The second kappa shape index (κ2) is 3.71. The van der Waals surface area contributed by atoms with E-state index >= 15 is 0 Å². The van der Waals surface area contributed by atoms with Crippen LogP contribution in [0.1, 0.15) is 0 Å². The van der Waals surface area contributed by atoms with Gasteiger partial charge >= 0.3 is 0 Å². The summed E-state index contributed by atoms with van der Waals surface area (Å²) in [5, 5.41) is 5.18. The highest BCUT2D eigenvalue weighted by molar-refractivity contribution is 9.10. The van der Waals surface area contributed by atoms with Crippen LogP contribution in [-0.4, -0.2) is 19.4 Å². The summed E-state index contributed by atoms with van der Waals surface area (Å²) in [6, 6.07) is 5.84. The third-order valence-electron chi connectivity index (χ3n) is 2.41. The van der Waals surface area contributed by atoms with Gasteiger partial charge in [-0.15, -0.1) is 0 Å². The third-order valence-corrected chi connectivity index (χ3v) is 3.05. The lowest BCUT2D eigenvalue weighted by Gasteiger charge is -2.35. The van der Waals surface area contributed by atoms with Gasteiger partial charge in [0.2, 0.25) is 0 Å². The molecule has 4 N–H and O–H groups in total. The number of rotatable bonds is 0. The van der Waals surface area contributed by atoms with Crippen molar-refractivity contribution in [1.29, 1.82) is 0 Å². The van der Waals surface area contributed by atoms with Crippen LogP contribution < -0.4 is 21.6 Å². The molecule has 0 aromatic heterocycles. The van der Waals surface area contributed by atoms with Crippen LogP contribution in [0.2, 0.25) is 0 Å². The molecule has 15 heavy (non-hydrogen) atoms. The Hall–Kier alpha value is -1.27. The quantitative estimate of drug-likeness (QED) is 0.541. The summed E-state index contributed by atoms with van der Waals surface area (Å²) < 4.78 is 1.01. The summed E-state index contributed by atoms with van der Waals surface area (Å²) in [6.45, 7) is 0.600. The van der Waals surface area contributed by atoms with E-state index in [2.05, 4.69) is 25.9 Å². The number of nitrogens with zero attached hydrogens (tertiary/aromatic N) is 3. The van der Waals surface area contributed by atoms with Crippen molar-refractivity contribution in [1.82, 2.24) is 0 Å². The number of hydrogen-bond donors (Lipinski definition) is 2. The molecule has 0 saturated heterocycles. The van der Waals surface area contributed by atoms with Gasteiger partial charge in [0, 0.05) is 11.5 Å². The van der Waals surface area contributed by atoms with E-state index in [1.54, 1.807) is 0 Å². The van der Waals surface area contributed by atoms with Gasteiger partial charge < -0.3 is 10.7 Å². The van der Waals surface area contributed by atoms with E-state index in [4.69, 9.17) is 11.7 Å². The normalized spacial score (nSPS) is 18.2. The number of benzene rings is 1. The molecule has 0 radical (unpaired) electrons. The fourth-order valence-corrected chi connectivity index (χ4v) is 2.34. The van der Waals surface area contributed by atoms with Gasteiger partial charge in [0.25, 0.3) is 0 Å². The van der Waals surface area contributed by atoms with Crippen LogP contribution >= 0.6 is 15.9 Å². The Bertz CT molecular complexity index is 417. The predicted molar refractivity (Wildman–Crippen MR) is 65.7 cm³/mol. The highest BCUT2D eigenvalue weighted by atomic mass is 79.9. The molecule has 1 aliphatic rings. The summed E-state index contributed by atoms with van der Waals surface area (Å²) >= 11 is 3.50. The van der Waals surface area contributed by atoms with Gasteiger partial charge in [-0.3, -0.25) is 5.01 Å². The molecule has 6 heteroatoms. The highest BCUT2D eigenvalue weighted by Gasteiger charge is 2.25. The van der Waals surface area contributed by atoms with Gasteiger partial charge in [-0.05, 0) is 28.1 Å². The van der Waals surface area contributed by atoms with Crippen LogP contribution in [0.15, 0.2) is 27.8 Å².